The van der Waals surface area contributed by atoms with E-state index in [0.29, 0.717) is 29.5 Å². The van der Waals surface area contributed by atoms with E-state index in [1.807, 2.05) is 19.9 Å². The highest BCUT2D eigenvalue weighted by Gasteiger charge is 2.15. The second kappa shape index (κ2) is 5.99. The molecule has 0 aliphatic rings. The Kier molecular flexibility index (Phi) is 3.88. The molecule has 1 amide bonds. The van der Waals surface area contributed by atoms with Crippen LogP contribution in [0.2, 0.25) is 0 Å². The van der Waals surface area contributed by atoms with Crippen LogP contribution in [-0.2, 0) is 6.42 Å². The topological polar surface area (TPSA) is 98.7 Å². The van der Waals surface area contributed by atoms with Gasteiger partial charge in [-0.05, 0) is 19.1 Å². The minimum absolute atomic E-state index is 0.177. The van der Waals surface area contributed by atoms with Gasteiger partial charge in [-0.15, -0.1) is 0 Å². The predicted molar refractivity (Wildman–Crippen MR) is 82.2 cm³/mol. The highest BCUT2D eigenvalue weighted by molar-refractivity contribution is 5.94. The molecule has 0 spiro atoms. The summed E-state index contributed by atoms with van der Waals surface area (Å²) in [4.78, 5) is 20.4. The molecule has 0 aromatic carbocycles. The smallest absolute Gasteiger partial charge is 0.259 e. The standard InChI is InChI=1S/C15H16N6O2/c1-4-12-19-15(23-20-12)10-5-6-13(17-7-10)21-9(2)11(8-18-21)14(22)16-3/h5-8H,4H2,1-3H3,(H,16,22). The largest absolute Gasteiger partial charge is 0.355 e. The normalized spacial score (nSPS) is 10.7. The van der Waals surface area contributed by atoms with Crippen LogP contribution in [0, 0.1) is 6.92 Å². The Morgan fingerprint density at radius 2 is 2.17 bits per heavy atom. The van der Waals surface area contributed by atoms with Crippen molar-refractivity contribution in [1.29, 1.82) is 0 Å². The van der Waals surface area contributed by atoms with E-state index >= 15 is 0 Å². The Morgan fingerprint density at radius 1 is 1.35 bits per heavy atom. The maximum absolute atomic E-state index is 11.7. The van der Waals surface area contributed by atoms with E-state index < -0.39 is 0 Å². The number of carbonyl (C=O) groups excluding carboxylic acids is 1. The number of rotatable bonds is 4. The first kappa shape index (κ1) is 14.9. The van der Waals surface area contributed by atoms with Crippen LogP contribution < -0.4 is 5.32 Å². The molecule has 1 N–H and O–H groups in total. The van der Waals surface area contributed by atoms with Crippen molar-refractivity contribution in [3.63, 3.8) is 0 Å². The summed E-state index contributed by atoms with van der Waals surface area (Å²) < 4.78 is 6.80. The Hall–Kier alpha value is -3.03. The van der Waals surface area contributed by atoms with Crippen molar-refractivity contribution in [2.75, 3.05) is 7.05 Å². The quantitative estimate of drug-likeness (QED) is 0.784. The zero-order valence-electron chi connectivity index (χ0n) is 13.1. The van der Waals surface area contributed by atoms with Crippen molar-refractivity contribution in [1.82, 2.24) is 30.2 Å². The molecule has 0 aliphatic heterocycles. The van der Waals surface area contributed by atoms with E-state index in [9.17, 15) is 4.79 Å². The summed E-state index contributed by atoms with van der Waals surface area (Å²) in [5.74, 6) is 1.52. The fourth-order valence-corrected chi connectivity index (χ4v) is 2.15. The molecular weight excluding hydrogens is 296 g/mol. The van der Waals surface area contributed by atoms with Crippen LogP contribution in [0.1, 0.15) is 28.8 Å². The lowest BCUT2D eigenvalue weighted by molar-refractivity contribution is 0.0962. The molecule has 0 atom stereocenters. The van der Waals surface area contributed by atoms with Crippen LogP contribution in [0.25, 0.3) is 17.3 Å². The molecule has 0 fully saturated rings. The third-order valence-electron chi connectivity index (χ3n) is 3.48. The monoisotopic (exact) mass is 312 g/mol. The lowest BCUT2D eigenvalue weighted by Gasteiger charge is -2.04. The molecule has 3 aromatic rings. The SMILES string of the molecule is CCc1noc(-c2ccc(-n3ncc(C(=O)NC)c3C)nc2)n1. The summed E-state index contributed by atoms with van der Waals surface area (Å²) in [5, 5.41) is 10.7. The Labute approximate surface area is 132 Å². The van der Waals surface area contributed by atoms with E-state index in [2.05, 4.69) is 25.5 Å². The fourth-order valence-electron chi connectivity index (χ4n) is 2.15. The van der Waals surface area contributed by atoms with Gasteiger partial charge < -0.3 is 9.84 Å². The molecule has 8 nitrogen and oxygen atoms in total. The fraction of sp³-hybridized carbons (Fsp3) is 0.267. The maximum atomic E-state index is 11.7. The van der Waals surface area contributed by atoms with Gasteiger partial charge in [0, 0.05) is 19.7 Å². The number of pyridine rings is 1. The molecule has 118 valence electrons. The van der Waals surface area contributed by atoms with Gasteiger partial charge in [0.2, 0.25) is 0 Å². The Bertz CT molecular complexity index is 834. The number of nitrogens with one attached hydrogen (secondary N) is 1. The molecular formula is C15H16N6O2. The van der Waals surface area contributed by atoms with Gasteiger partial charge in [-0.1, -0.05) is 12.1 Å². The number of amides is 1. The van der Waals surface area contributed by atoms with E-state index in [0.717, 1.165) is 11.3 Å². The number of carbonyl (C=O) groups is 1. The molecule has 3 heterocycles. The van der Waals surface area contributed by atoms with Gasteiger partial charge in [0.25, 0.3) is 11.8 Å². The first-order valence-electron chi connectivity index (χ1n) is 7.20. The average Bonchev–Trinajstić information content (AvgIpc) is 3.21. The lowest BCUT2D eigenvalue weighted by Crippen LogP contribution is -2.18. The molecule has 0 bridgehead atoms. The third-order valence-corrected chi connectivity index (χ3v) is 3.48. The minimum atomic E-state index is -0.177. The van der Waals surface area contributed by atoms with Gasteiger partial charge in [-0.3, -0.25) is 4.79 Å². The molecule has 8 heteroatoms. The zero-order valence-corrected chi connectivity index (χ0v) is 13.1. The molecule has 3 aromatic heterocycles. The number of hydrogen-bond donors (Lipinski definition) is 1. The van der Waals surface area contributed by atoms with Crippen molar-refractivity contribution in [3.8, 4) is 17.3 Å². The molecule has 0 aliphatic carbocycles. The van der Waals surface area contributed by atoms with Crippen LogP contribution in [0.3, 0.4) is 0 Å². The van der Waals surface area contributed by atoms with Crippen molar-refractivity contribution in [3.05, 3.63) is 41.6 Å². The Morgan fingerprint density at radius 3 is 2.78 bits per heavy atom. The molecule has 0 saturated carbocycles. The van der Waals surface area contributed by atoms with Gasteiger partial charge in [-0.2, -0.15) is 10.1 Å². The van der Waals surface area contributed by atoms with Crippen LogP contribution >= 0.6 is 0 Å². The summed E-state index contributed by atoms with van der Waals surface area (Å²) in [7, 11) is 1.58. The third kappa shape index (κ3) is 2.70. The van der Waals surface area contributed by atoms with Gasteiger partial charge in [-0.25, -0.2) is 9.67 Å². The minimum Gasteiger partial charge on any atom is -0.355 e. The summed E-state index contributed by atoms with van der Waals surface area (Å²) in [5.41, 5.74) is 1.97. The zero-order chi connectivity index (χ0) is 16.4. The van der Waals surface area contributed by atoms with Crippen molar-refractivity contribution in [2.45, 2.75) is 20.3 Å². The number of aryl methyl sites for hydroxylation is 1. The second-order valence-corrected chi connectivity index (χ2v) is 4.91. The predicted octanol–water partition coefficient (Wildman–Crippen LogP) is 1.55. The van der Waals surface area contributed by atoms with Crippen LogP contribution in [0.4, 0.5) is 0 Å². The van der Waals surface area contributed by atoms with Crippen molar-refractivity contribution < 1.29 is 9.32 Å². The van der Waals surface area contributed by atoms with Crippen molar-refractivity contribution >= 4 is 5.91 Å². The summed E-state index contributed by atoms with van der Waals surface area (Å²) in [6.07, 6.45) is 3.88. The summed E-state index contributed by atoms with van der Waals surface area (Å²) in [6.45, 7) is 3.78. The lowest BCUT2D eigenvalue weighted by atomic mass is 10.2. The van der Waals surface area contributed by atoms with Gasteiger partial charge in [0.05, 0.1) is 23.0 Å². The number of hydrogen-bond acceptors (Lipinski definition) is 6. The molecule has 3 rings (SSSR count). The maximum Gasteiger partial charge on any atom is 0.259 e. The molecule has 0 radical (unpaired) electrons. The first-order chi connectivity index (χ1) is 11.1. The highest BCUT2D eigenvalue weighted by Crippen LogP contribution is 2.18. The van der Waals surface area contributed by atoms with Crippen LogP contribution in [0.5, 0.6) is 0 Å². The molecule has 23 heavy (non-hydrogen) atoms. The summed E-state index contributed by atoms with van der Waals surface area (Å²) in [6, 6.07) is 3.62. The first-order valence-corrected chi connectivity index (χ1v) is 7.20. The molecule has 0 saturated heterocycles. The van der Waals surface area contributed by atoms with Gasteiger partial charge in [0.15, 0.2) is 11.6 Å². The van der Waals surface area contributed by atoms with Gasteiger partial charge >= 0.3 is 0 Å². The van der Waals surface area contributed by atoms with E-state index in [1.54, 1.807) is 24.0 Å². The van der Waals surface area contributed by atoms with Crippen LogP contribution in [-0.4, -0.2) is 37.9 Å². The Balaban J connectivity index is 1.90. The number of nitrogens with zero attached hydrogens (tertiary/aromatic N) is 5. The molecule has 0 unspecified atom stereocenters. The van der Waals surface area contributed by atoms with Gasteiger partial charge in [0.1, 0.15) is 0 Å². The van der Waals surface area contributed by atoms with Crippen molar-refractivity contribution in [2.24, 2.45) is 0 Å². The van der Waals surface area contributed by atoms with Crippen LogP contribution in [0.15, 0.2) is 29.0 Å². The second-order valence-electron chi connectivity index (χ2n) is 4.91. The summed E-state index contributed by atoms with van der Waals surface area (Å²) >= 11 is 0. The highest BCUT2D eigenvalue weighted by atomic mass is 16.5. The average molecular weight is 312 g/mol. The van der Waals surface area contributed by atoms with E-state index in [-0.39, 0.29) is 5.91 Å². The number of aromatic nitrogens is 5. The van der Waals surface area contributed by atoms with E-state index in [4.69, 9.17) is 4.52 Å². The van der Waals surface area contributed by atoms with E-state index in [1.165, 1.54) is 6.20 Å².